The lowest BCUT2D eigenvalue weighted by Crippen LogP contribution is -2.17. The maximum Gasteiger partial charge on any atom is 0.248 e. The molecule has 0 saturated heterocycles. The third-order valence-corrected chi connectivity index (χ3v) is 2.97. The quantitative estimate of drug-likeness (QED) is 0.606. The molecule has 1 rings (SSSR count). The van der Waals surface area contributed by atoms with Crippen LogP contribution in [0.25, 0.3) is 0 Å². The molecule has 0 atom stereocenters. The van der Waals surface area contributed by atoms with Gasteiger partial charge in [-0.1, -0.05) is 6.07 Å². The summed E-state index contributed by atoms with van der Waals surface area (Å²) in [4.78, 5) is 21.6. The number of carbonyl (C=O) groups is 2. The number of hydrogen-bond acceptors (Lipinski definition) is 3. The van der Waals surface area contributed by atoms with Crippen molar-refractivity contribution in [2.24, 2.45) is 11.5 Å². The molecule has 5 heteroatoms. The van der Waals surface area contributed by atoms with Gasteiger partial charge in [-0.3, -0.25) is 9.59 Å². The third-order valence-electron chi connectivity index (χ3n) is 2.97. The highest BCUT2D eigenvalue weighted by Crippen LogP contribution is 2.10. The van der Waals surface area contributed by atoms with Crippen molar-refractivity contribution in [3.05, 3.63) is 34.9 Å². The minimum atomic E-state index is -0.408. The number of hydrogen-bond donors (Lipinski definition) is 3. The molecule has 0 aliphatic carbocycles. The molecule has 0 aliphatic heterocycles. The summed E-state index contributed by atoms with van der Waals surface area (Å²) in [7, 11) is 0. The Kier molecular flexibility index (Phi) is 6.02. The largest absolute Gasteiger partial charge is 0.370 e. The molecular formula is C14H21N3O2. The van der Waals surface area contributed by atoms with Gasteiger partial charge in [0, 0.05) is 18.5 Å². The van der Waals surface area contributed by atoms with Crippen molar-refractivity contribution in [2.45, 2.75) is 32.7 Å². The van der Waals surface area contributed by atoms with Gasteiger partial charge in [-0.05, 0) is 49.6 Å². The fourth-order valence-corrected chi connectivity index (χ4v) is 1.82. The second-order valence-corrected chi connectivity index (χ2v) is 4.61. The molecule has 0 aliphatic rings. The van der Waals surface area contributed by atoms with E-state index < -0.39 is 5.91 Å². The van der Waals surface area contributed by atoms with Crippen molar-refractivity contribution in [1.82, 2.24) is 5.32 Å². The molecule has 104 valence electrons. The third kappa shape index (κ3) is 5.52. The molecule has 5 nitrogen and oxygen atoms in total. The van der Waals surface area contributed by atoms with Crippen molar-refractivity contribution in [2.75, 3.05) is 6.54 Å². The first-order chi connectivity index (χ1) is 9.00. The molecule has 1 aromatic rings. The Morgan fingerprint density at radius 3 is 2.53 bits per heavy atom. The number of primary amides is 2. The first-order valence-electron chi connectivity index (χ1n) is 6.39. The highest BCUT2D eigenvalue weighted by Gasteiger charge is 2.03. The van der Waals surface area contributed by atoms with E-state index in [2.05, 4.69) is 5.32 Å². The van der Waals surface area contributed by atoms with Gasteiger partial charge in [-0.15, -0.1) is 0 Å². The summed E-state index contributed by atoms with van der Waals surface area (Å²) >= 11 is 0. The van der Waals surface area contributed by atoms with Gasteiger partial charge in [-0.25, -0.2) is 0 Å². The SMILES string of the molecule is Cc1cc(C(N)=O)ccc1CNCCCCC(N)=O. The second-order valence-electron chi connectivity index (χ2n) is 4.61. The molecule has 5 N–H and O–H groups in total. The number of benzene rings is 1. The molecular weight excluding hydrogens is 242 g/mol. The van der Waals surface area contributed by atoms with Crippen LogP contribution in [0.3, 0.4) is 0 Å². The summed E-state index contributed by atoms with van der Waals surface area (Å²) in [5.74, 6) is -0.660. The van der Waals surface area contributed by atoms with E-state index in [0.29, 0.717) is 12.0 Å². The van der Waals surface area contributed by atoms with Crippen molar-refractivity contribution in [3.63, 3.8) is 0 Å². The maximum absolute atomic E-state index is 11.0. The van der Waals surface area contributed by atoms with Crippen LogP contribution >= 0.6 is 0 Å². The standard InChI is InChI=1S/C14H21N3O2/c1-10-8-11(14(16)19)5-6-12(10)9-17-7-3-2-4-13(15)18/h5-6,8,17H,2-4,7,9H2,1H3,(H2,15,18)(H2,16,19). The molecule has 1 aromatic carbocycles. The number of unbranched alkanes of at least 4 members (excludes halogenated alkanes) is 1. The van der Waals surface area contributed by atoms with Crippen LogP contribution in [0.1, 0.15) is 40.7 Å². The van der Waals surface area contributed by atoms with E-state index in [1.807, 2.05) is 13.0 Å². The van der Waals surface area contributed by atoms with Gasteiger partial charge in [-0.2, -0.15) is 0 Å². The van der Waals surface area contributed by atoms with Gasteiger partial charge >= 0.3 is 0 Å². The highest BCUT2D eigenvalue weighted by atomic mass is 16.1. The molecule has 2 amide bonds. The van der Waals surface area contributed by atoms with E-state index in [9.17, 15) is 9.59 Å². The number of rotatable bonds is 8. The van der Waals surface area contributed by atoms with Crippen LogP contribution in [-0.2, 0) is 11.3 Å². The molecule has 0 bridgehead atoms. The fraction of sp³-hybridized carbons (Fsp3) is 0.429. The topological polar surface area (TPSA) is 98.2 Å². The number of carbonyl (C=O) groups excluding carboxylic acids is 2. The summed E-state index contributed by atoms with van der Waals surface area (Å²) in [5, 5.41) is 3.30. The number of aryl methyl sites for hydroxylation is 1. The Hall–Kier alpha value is -1.88. The van der Waals surface area contributed by atoms with E-state index in [1.165, 1.54) is 0 Å². The van der Waals surface area contributed by atoms with E-state index >= 15 is 0 Å². The Morgan fingerprint density at radius 1 is 1.21 bits per heavy atom. The van der Waals surface area contributed by atoms with Crippen molar-refractivity contribution in [3.8, 4) is 0 Å². The summed E-state index contributed by atoms with van der Waals surface area (Å²) < 4.78 is 0. The van der Waals surface area contributed by atoms with E-state index in [4.69, 9.17) is 11.5 Å². The predicted molar refractivity (Wildman–Crippen MR) is 74.4 cm³/mol. The van der Waals surface area contributed by atoms with Crippen molar-refractivity contribution >= 4 is 11.8 Å². The zero-order chi connectivity index (χ0) is 14.3. The maximum atomic E-state index is 11.0. The Bertz CT molecular complexity index is 458. The van der Waals surface area contributed by atoms with Crippen LogP contribution in [0.15, 0.2) is 18.2 Å². The smallest absolute Gasteiger partial charge is 0.248 e. The normalized spacial score (nSPS) is 10.4. The van der Waals surface area contributed by atoms with Crippen LogP contribution < -0.4 is 16.8 Å². The van der Waals surface area contributed by atoms with E-state index in [1.54, 1.807) is 12.1 Å². The number of nitrogens with two attached hydrogens (primary N) is 2. The van der Waals surface area contributed by atoms with Crippen LogP contribution in [0.2, 0.25) is 0 Å². The Balaban J connectivity index is 2.33. The zero-order valence-electron chi connectivity index (χ0n) is 11.2. The van der Waals surface area contributed by atoms with Crippen LogP contribution in [0, 0.1) is 6.92 Å². The van der Waals surface area contributed by atoms with Crippen LogP contribution in [0.4, 0.5) is 0 Å². The lowest BCUT2D eigenvalue weighted by Gasteiger charge is -2.08. The van der Waals surface area contributed by atoms with Gasteiger partial charge in [0.1, 0.15) is 0 Å². The Morgan fingerprint density at radius 2 is 1.95 bits per heavy atom. The van der Waals surface area contributed by atoms with Crippen molar-refractivity contribution < 1.29 is 9.59 Å². The summed E-state index contributed by atoms with van der Waals surface area (Å²) in [6.07, 6.45) is 2.16. The monoisotopic (exact) mass is 263 g/mol. The lowest BCUT2D eigenvalue weighted by atomic mass is 10.0. The first-order valence-corrected chi connectivity index (χ1v) is 6.39. The summed E-state index contributed by atoms with van der Waals surface area (Å²) in [6, 6.07) is 5.44. The molecule has 0 spiro atoms. The molecule has 0 aromatic heterocycles. The molecule has 0 heterocycles. The van der Waals surface area contributed by atoms with Crippen LogP contribution in [0.5, 0.6) is 0 Å². The fourth-order valence-electron chi connectivity index (χ4n) is 1.82. The molecule has 0 fully saturated rings. The van der Waals surface area contributed by atoms with Gasteiger partial charge in [0.25, 0.3) is 0 Å². The molecule has 0 radical (unpaired) electrons. The van der Waals surface area contributed by atoms with Crippen LogP contribution in [-0.4, -0.2) is 18.4 Å². The van der Waals surface area contributed by atoms with Gasteiger partial charge in [0.2, 0.25) is 11.8 Å². The molecule has 0 unspecified atom stereocenters. The van der Waals surface area contributed by atoms with Gasteiger partial charge in [0.15, 0.2) is 0 Å². The zero-order valence-corrected chi connectivity index (χ0v) is 11.2. The summed E-state index contributed by atoms with van der Waals surface area (Å²) in [6.45, 7) is 3.53. The molecule has 19 heavy (non-hydrogen) atoms. The first kappa shape index (κ1) is 15.2. The lowest BCUT2D eigenvalue weighted by molar-refractivity contribution is -0.118. The number of nitrogens with one attached hydrogen (secondary N) is 1. The Labute approximate surface area is 113 Å². The van der Waals surface area contributed by atoms with E-state index in [0.717, 1.165) is 37.1 Å². The minimum absolute atomic E-state index is 0.252. The van der Waals surface area contributed by atoms with Crippen molar-refractivity contribution in [1.29, 1.82) is 0 Å². The average molecular weight is 263 g/mol. The van der Waals surface area contributed by atoms with E-state index in [-0.39, 0.29) is 5.91 Å². The summed E-state index contributed by atoms with van der Waals surface area (Å²) in [5.41, 5.74) is 13.0. The van der Waals surface area contributed by atoms with Gasteiger partial charge < -0.3 is 16.8 Å². The minimum Gasteiger partial charge on any atom is -0.370 e. The second kappa shape index (κ2) is 7.53. The predicted octanol–water partition coefficient (Wildman–Crippen LogP) is 0.839. The number of amides is 2. The highest BCUT2D eigenvalue weighted by molar-refractivity contribution is 5.93. The molecule has 0 saturated carbocycles. The average Bonchev–Trinajstić information content (AvgIpc) is 2.34. The van der Waals surface area contributed by atoms with Gasteiger partial charge in [0.05, 0.1) is 0 Å².